The van der Waals surface area contributed by atoms with Gasteiger partial charge in [-0.25, -0.2) is 8.42 Å². The molecule has 0 fully saturated rings. The van der Waals surface area contributed by atoms with Crippen molar-refractivity contribution in [2.75, 3.05) is 6.61 Å². The number of esters is 1. The maximum Gasteiger partial charge on any atom is 0.326 e. The van der Waals surface area contributed by atoms with Crippen molar-refractivity contribution in [1.29, 1.82) is 0 Å². The number of thiazole rings is 1. The van der Waals surface area contributed by atoms with E-state index in [0.717, 1.165) is 21.3 Å². The zero-order chi connectivity index (χ0) is 23.6. The average molecular weight is 475 g/mol. The molecule has 32 heavy (non-hydrogen) atoms. The number of benzene rings is 2. The largest absolute Gasteiger partial charge is 0.465 e. The maximum atomic E-state index is 13.0. The van der Waals surface area contributed by atoms with E-state index < -0.39 is 27.0 Å². The molecule has 0 aliphatic carbocycles. The minimum atomic E-state index is -3.52. The number of hydrogen-bond acceptors (Lipinski definition) is 6. The van der Waals surface area contributed by atoms with Gasteiger partial charge >= 0.3 is 5.97 Å². The monoisotopic (exact) mass is 474 g/mol. The molecule has 7 nitrogen and oxygen atoms in total. The molecule has 0 unspecified atom stereocenters. The first-order valence-corrected chi connectivity index (χ1v) is 12.6. The van der Waals surface area contributed by atoms with Gasteiger partial charge in [0.05, 0.1) is 27.0 Å². The van der Waals surface area contributed by atoms with Crippen LogP contribution in [0.15, 0.2) is 46.3 Å². The van der Waals surface area contributed by atoms with E-state index in [4.69, 9.17) is 4.74 Å². The molecule has 0 aliphatic rings. The zero-order valence-electron chi connectivity index (χ0n) is 18.7. The summed E-state index contributed by atoms with van der Waals surface area (Å²) in [6.07, 6.45) is 0. The Bertz CT molecular complexity index is 1360. The van der Waals surface area contributed by atoms with Gasteiger partial charge in [-0.05, 0) is 76.1 Å². The van der Waals surface area contributed by atoms with E-state index in [0.29, 0.717) is 4.80 Å². The fraction of sp³-hybridized carbons (Fsp3) is 0.348. The number of rotatable bonds is 6. The number of ether oxygens (including phenoxy) is 1. The van der Waals surface area contributed by atoms with Gasteiger partial charge < -0.3 is 9.30 Å². The van der Waals surface area contributed by atoms with Crippen LogP contribution in [0.3, 0.4) is 0 Å². The highest BCUT2D eigenvalue weighted by Gasteiger charge is 2.20. The molecule has 0 spiro atoms. The SMILES string of the molecule is CCOC(=O)Cn1c(=NC(=O)c2cccc(S(=O)(=O)C(C)C)c2)sc2cc(C)c(C)cc21. The number of nitrogens with zero attached hydrogens (tertiary/aromatic N) is 2. The van der Waals surface area contributed by atoms with E-state index in [2.05, 4.69) is 4.99 Å². The number of sulfone groups is 1. The molecule has 0 saturated heterocycles. The van der Waals surface area contributed by atoms with Crippen LogP contribution in [0, 0.1) is 13.8 Å². The molecule has 3 aromatic rings. The summed E-state index contributed by atoms with van der Waals surface area (Å²) in [5, 5.41) is -0.606. The van der Waals surface area contributed by atoms with Gasteiger partial charge in [0.2, 0.25) is 0 Å². The van der Waals surface area contributed by atoms with Crippen LogP contribution in [-0.2, 0) is 25.9 Å². The lowest BCUT2D eigenvalue weighted by Crippen LogP contribution is -2.23. The van der Waals surface area contributed by atoms with E-state index in [1.165, 1.54) is 35.6 Å². The number of aromatic nitrogens is 1. The number of fused-ring (bicyclic) bond motifs is 1. The normalized spacial score (nSPS) is 12.5. The fourth-order valence-corrected chi connectivity index (χ4v) is 5.34. The summed E-state index contributed by atoms with van der Waals surface area (Å²) in [5.74, 6) is -1.01. The molecule has 0 radical (unpaired) electrons. The lowest BCUT2D eigenvalue weighted by atomic mass is 10.1. The molecule has 1 amide bonds. The van der Waals surface area contributed by atoms with Crippen molar-refractivity contribution < 1.29 is 22.7 Å². The molecule has 0 bridgehead atoms. The van der Waals surface area contributed by atoms with Crippen LogP contribution in [0.2, 0.25) is 0 Å². The van der Waals surface area contributed by atoms with Crippen LogP contribution in [-0.4, -0.2) is 36.7 Å². The van der Waals surface area contributed by atoms with Crippen molar-refractivity contribution in [1.82, 2.24) is 4.57 Å². The van der Waals surface area contributed by atoms with Crippen molar-refractivity contribution in [3.05, 3.63) is 57.9 Å². The number of aryl methyl sites for hydroxylation is 2. The Labute approximate surface area is 191 Å². The number of hydrogen-bond donors (Lipinski definition) is 0. The number of carbonyl (C=O) groups is 2. The lowest BCUT2D eigenvalue weighted by molar-refractivity contribution is -0.143. The van der Waals surface area contributed by atoms with E-state index >= 15 is 0 Å². The molecular weight excluding hydrogens is 448 g/mol. The molecule has 0 N–H and O–H groups in total. The highest BCUT2D eigenvalue weighted by molar-refractivity contribution is 7.92. The molecule has 170 valence electrons. The summed E-state index contributed by atoms with van der Waals surface area (Å²) in [7, 11) is -3.52. The van der Waals surface area contributed by atoms with Crippen molar-refractivity contribution in [3.8, 4) is 0 Å². The van der Waals surface area contributed by atoms with Gasteiger partial charge in [0, 0.05) is 5.56 Å². The van der Waals surface area contributed by atoms with Gasteiger partial charge in [-0.2, -0.15) is 4.99 Å². The van der Waals surface area contributed by atoms with Crippen LogP contribution in [0.4, 0.5) is 0 Å². The highest BCUT2D eigenvalue weighted by atomic mass is 32.2. The third kappa shape index (κ3) is 4.83. The van der Waals surface area contributed by atoms with E-state index in [1.807, 2.05) is 26.0 Å². The molecule has 1 aromatic heterocycles. The van der Waals surface area contributed by atoms with Crippen molar-refractivity contribution >= 4 is 43.3 Å². The van der Waals surface area contributed by atoms with Gasteiger partial charge in [0.15, 0.2) is 14.6 Å². The van der Waals surface area contributed by atoms with Crippen LogP contribution in [0.25, 0.3) is 10.2 Å². The summed E-state index contributed by atoms with van der Waals surface area (Å²) < 4.78 is 32.6. The third-order valence-corrected chi connectivity index (χ3v) is 8.31. The molecule has 1 heterocycles. The highest BCUT2D eigenvalue weighted by Crippen LogP contribution is 2.23. The zero-order valence-corrected chi connectivity index (χ0v) is 20.3. The van der Waals surface area contributed by atoms with Crippen molar-refractivity contribution in [3.63, 3.8) is 0 Å². The summed E-state index contributed by atoms with van der Waals surface area (Å²) in [6, 6.07) is 9.83. The maximum absolute atomic E-state index is 13.0. The van der Waals surface area contributed by atoms with Crippen LogP contribution < -0.4 is 4.80 Å². The van der Waals surface area contributed by atoms with Gasteiger partial charge in [-0.3, -0.25) is 9.59 Å². The fourth-order valence-electron chi connectivity index (χ4n) is 3.13. The first-order valence-electron chi connectivity index (χ1n) is 10.2. The van der Waals surface area contributed by atoms with Gasteiger partial charge in [-0.1, -0.05) is 17.4 Å². The Morgan fingerprint density at radius 2 is 1.81 bits per heavy atom. The van der Waals surface area contributed by atoms with E-state index in [-0.39, 0.29) is 23.6 Å². The summed E-state index contributed by atoms with van der Waals surface area (Å²) in [5.41, 5.74) is 3.09. The Kier molecular flexibility index (Phi) is 7.00. The Balaban J connectivity index is 2.13. The van der Waals surface area contributed by atoms with Crippen molar-refractivity contribution in [2.45, 2.75) is 51.3 Å². The molecule has 9 heteroatoms. The lowest BCUT2D eigenvalue weighted by Gasteiger charge is -2.08. The Morgan fingerprint density at radius 1 is 1.12 bits per heavy atom. The summed E-state index contributed by atoms with van der Waals surface area (Å²) >= 11 is 1.29. The molecular formula is C23H26N2O5S2. The second-order valence-electron chi connectivity index (χ2n) is 7.72. The Hall–Kier alpha value is -2.78. The van der Waals surface area contributed by atoms with Gasteiger partial charge in [-0.15, -0.1) is 0 Å². The quantitative estimate of drug-likeness (QED) is 0.507. The smallest absolute Gasteiger partial charge is 0.326 e. The first kappa shape index (κ1) is 23.9. The second-order valence-corrected chi connectivity index (χ2v) is 11.2. The predicted molar refractivity (Wildman–Crippen MR) is 125 cm³/mol. The topological polar surface area (TPSA) is 94.8 Å². The number of amides is 1. The van der Waals surface area contributed by atoms with Crippen LogP contribution in [0.5, 0.6) is 0 Å². The standard InChI is InChI=1S/C23H26N2O5S2/c1-6-30-21(26)13-25-19-10-15(4)16(5)11-20(19)31-23(25)24-22(27)17-8-7-9-18(12-17)32(28,29)14(2)3/h7-12,14H,6,13H2,1-5H3. The van der Waals surface area contributed by atoms with Gasteiger partial charge in [0.1, 0.15) is 6.54 Å². The minimum Gasteiger partial charge on any atom is -0.465 e. The van der Waals surface area contributed by atoms with Crippen molar-refractivity contribution in [2.24, 2.45) is 4.99 Å². The van der Waals surface area contributed by atoms with Gasteiger partial charge in [0.25, 0.3) is 5.91 Å². The average Bonchev–Trinajstić information content (AvgIpc) is 3.04. The molecule has 3 rings (SSSR count). The summed E-state index contributed by atoms with van der Waals surface area (Å²) in [4.78, 5) is 29.8. The molecule has 2 aromatic carbocycles. The summed E-state index contributed by atoms with van der Waals surface area (Å²) in [6.45, 7) is 9.05. The first-order chi connectivity index (χ1) is 15.0. The molecule has 0 atom stereocenters. The minimum absolute atomic E-state index is 0.0791. The second kappa shape index (κ2) is 9.38. The third-order valence-electron chi connectivity index (χ3n) is 5.12. The van der Waals surface area contributed by atoms with Crippen LogP contribution in [0.1, 0.15) is 42.3 Å². The predicted octanol–water partition coefficient (Wildman–Crippen LogP) is 3.81. The number of carbonyl (C=O) groups excluding carboxylic acids is 2. The molecule has 0 aliphatic heterocycles. The Morgan fingerprint density at radius 3 is 2.47 bits per heavy atom. The van der Waals surface area contributed by atoms with E-state index in [9.17, 15) is 18.0 Å². The van der Waals surface area contributed by atoms with Crippen LogP contribution >= 0.6 is 11.3 Å². The van der Waals surface area contributed by atoms with E-state index in [1.54, 1.807) is 25.3 Å². The molecule has 0 saturated carbocycles.